The smallest absolute Gasteiger partial charge is 0.330 e. The summed E-state index contributed by atoms with van der Waals surface area (Å²) in [6.45, 7) is 17.6. The van der Waals surface area contributed by atoms with Crippen molar-refractivity contribution < 1.29 is 23.5 Å². The van der Waals surface area contributed by atoms with Crippen molar-refractivity contribution in [3.05, 3.63) is 0 Å². The molecular weight excluding hydrogens is 394 g/mol. The number of ether oxygens (including phenoxy) is 1. The molecule has 0 bridgehead atoms. The van der Waals surface area contributed by atoms with Crippen LogP contribution in [0, 0.1) is 0 Å². The van der Waals surface area contributed by atoms with Crippen molar-refractivity contribution in [2.75, 3.05) is 5.75 Å². The molecule has 162 valence electrons. The molecule has 1 rings (SSSR count). The summed E-state index contributed by atoms with van der Waals surface area (Å²) in [4.78, 5) is 36.1. The Morgan fingerprint density at radius 3 is 2.21 bits per heavy atom. The third kappa shape index (κ3) is 7.87. The number of amides is 1. The molecule has 1 aliphatic carbocycles. The highest BCUT2D eigenvalue weighted by molar-refractivity contribution is 8.00. The molecule has 28 heavy (non-hydrogen) atoms. The Labute approximate surface area is 175 Å². The Bertz CT molecular complexity index is 594. The minimum atomic E-state index is -2.00. The molecular formula is C20H37NO5SSi. The van der Waals surface area contributed by atoms with Crippen LogP contribution in [-0.4, -0.2) is 54.7 Å². The van der Waals surface area contributed by atoms with Crippen molar-refractivity contribution in [3.63, 3.8) is 0 Å². The van der Waals surface area contributed by atoms with E-state index >= 15 is 0 Å². The summed E-state index contributed by atoms with van der Waals surface area (Å²) >= 11 is 1.51. The molecule has 6 nitrogen and oxygen atoms in total. The number of nitrogens with one attached hydrogen (secondary N) is 1. The minimum absolute atomic E-state index is 0.0136. The van der Waals surface area contributed by atoms with E-state index in [4.69, 9.17) is 9.16 Å². The van der Waals surface area contributed by atoms with Gasteiger partial charge in [0.25, 0.3) is 0 Å². The molecule has 1 N–H and O–H groups in total. The number of hydrogen-bond acceptors (Lipinski definition) is 6. The first-order valence-electron chi connectivity index (χ1n) is 9.83. The zero-order chi connectivity index (χ0) is 21.9. The van der Waals surface area contributed by atoms with Crippen molar-refractivity contribution in [1.29, 1.82) is 0 Å². The third-order valence-electron chi connectivity index (χ3n) is 5.07. The van der Waals surface area contributed by atoms with Crippen LogP contribution in [-0.2, 0) is 23.5 Å². The third-order valence-corrected chi connectivity index (χ3v) is 11.0. The van der Waals surface area contributed by atoms with Gasteiger partial charge in [-0.15, -0.1) is 0 Å². The molecule has 0 aliphatic heterocycles. The fourth-order valence-electron chi connectivity index (χ4n) is 2.64. The summed E-state index contributed by atoms with van der Waals surface area (Å²) in [5, 5.41) is 2.72. The SMILES string of the molecule is CC(=O)N[C@@H](CS[C@H]1CC(=O)C[C@@H]1O[Si](C)(C)C(C)(C)C)C(=O)OC(C)(C)C. The van der Waals surface area contributed by atoms with Gasteiger partial charge in [-0.2, -0.15) is 11.8 Å². The maximum absolute atomic E-state index is 12.5. The molecule has 0 spiro atoms. The summed E-state index contributed by atoms with van der Waals surface area (Å²) < 4.78 is 11.9. The standard InChI is InChI=1S/C20H37NO5SSi/c1-13(22)21-15(18(24)25-19(2,3)4)12-27-17-11-14(23)10-16(17)26-28(8,9)20(5,6)7/h15-17H,10-12H2,1-9H3,(H,21,22)/t15-,16-,17-/m0/s1. The van der Waals surface area contributed by atoms with Gasteiger partial charge in [-0.3, -0.25) is 9.59 Å². The summed E-state index contributed by atoms with van der Waals surface area (Å²) in [5.41, 5.74) is -0.629. The molecule has 3 atom stereocenters. The zero-order valence-corrected chi connectivity index (χ0v) is 20.6. The van der Waals surface area contributed by atoms with Crippen LogP contribution in [0.5, 0.6) is 0 Å². The van der Waals surface area contributed by atoms with Crippen LogP contribution in [0.4, 0.5) is 0 Å². The van der Waals surface area contributed by atoms with Crippen LogP contribution in [0.1, 0.15) is 61.3 Å². The molecule has 1 saturated carbocycles. The average molecular weight is 432 g/mol. The number of ketones is 1. The van der Waals surface area contributed by atoms with Gasteiger partial charge in [-0.05, 0) is 38.9 Å². The van der Waals surface area contributed by atoms with Crippen LogP contribution in [0.15, 0.2) is 0 Å². The Kier molecular flexibility index (Phi) is 8.36. The minimum Gasteiger partial charge on any atom is -0.458 e. The largest absolute Gasteiger partial charge is 0.458 e. The summed E-state index contributed by atoms with van der Waals surface area (Å²) in [5.74, 6) is -0.201. The van der Waals surface area contributed by atoms with Gasteiger partial charge in [0, 0.05) is 30.8 Å². The van der Waals surface area contributed by atoms with E-state index < -0.39 is 25.9 Å². The van der Waals surface area contributed by atoms with Crippen molar-refractivity contribution in [1.82, 2.24) is 5.32 Å². The van der Waals surface area contributed by atoms with Gasteiger partial charge in [0.1, 0.15) is 17.4 Å². The van der Waals surface area contributed by atoms with E-state index in [9.17, 15) is 14.4 Å². The monoisotopic (exact) mass is 431 g/mol. The van der Waals surface area contributed by atoms with E-state index in [1.807, 2.05) is 0 Å². The Balaban J connectivity index is 2.82. The molecule has 1 fully saturated rings. The molecule has 0 aromatic carbocycles. The maximum atomic E-state index is 12.5. The highest BCUT2D eigenvalue weighted by atomic mass is 32.2. The highest BCUT2D eigenvalue weighted by Gasteiger charge is 2.44. The second-order valence-corrected chi connectivity index (χ2v) is 16.1. The van der Waals surface area contributed by atoms with E-state index in [0.29, 0.717) is 18.6 Å². The average Bonchev–Trinajstić information content (AvgIpc) is 2.79. The predicted molar refractivity (Wildman–Crippen MR) is 116 cm³/mol. The Morgan fingerprint density at radius 1 is 1.18 bits per heavy atom. The quantitative estimate of drug-likeness (QED) is 0.489. The number of thioether (sulfide) groups is 1. The molecule has 0 aromatic rings. The Hall–Kier alpha value is -0.863. The fourth-order valence-corrected chi connectivity index (χ4v) is 5.43. The van der Waals surface area contributed by atoms with Gasteiger partial charge in [-0.25, -0.2) is 4.79 Å². The molecule has 0 unspecified atom stereocenters. The molecule has 1 amide bonds. The van der Waals surface area contributed by atoms with Gasteiger partial charge in [0.15, 0.2) is 8.32 Å². The second kappa shape index (κ2) is 9.30. The summed E-state index contributed by atoms with van der Waals surface area (Å²) in [7, 11) is -2.00. The number of carbonyl (C=O) groups is 3. The summed E-state index contributed by atoms with van der Waals surface area (Å²) in [6.07, 6.45) is 0.710. The van der Waals surface area contributed by atoms with E-state index in [1.54, 1.807) is 20.8 Å². The first-order chi connectivity index (χ1) is 12.5. The van der Waals surface area contributed by atoms with Gasteiger partial charge in [0.05, 0.1) is 6.10 Å². The van der Waals surface area contributed by atoms with Crippen LogP contribution < -0.4 is 5.32 Å². The molecule has 0 saturated heterocycles. The number of carbonyl (C=O) groups excluding carboxylic acids is 3. The zero-order valence-electron chi connectivity index (χ0n) is 18.8. The van der Waals surface area contributed by atoms with Gasteiger partial charge >= 0.3 is 5.97 Å². The topological polar surface area (TPSA) is 81.7 Å². The highest BCUT2D eigenvalue weighted by Crippen LogP contribution is 2.41. The maximum Gasteiger partial charge on any atom is 0.330 e. The first kappa shape index (κ1) is 25.2. The summed E-state index contributed by atoms with van der Waals surface area (Å²) in [6, 6.07) is -0.744. The molecule has 0 aromatic heterocycles. The van der Waals surface area contributed by atoms with E-state index in [1.165, 1.54) is 18.7 Å². The normalized spacial score (nSPS) is 22.1. The lowest BCUT2D eigenvalue weighted by molar-refractivity contribution is -0.157. The van der Waals surface area contributed by atoms with Crippen molar-refractivity contribution in [2.45, 2.75) is 102 Å². The lowest BCUT2D eigenvalue weighted by Gasteiger charge is -2.39. The number of hydrogen-bond donors (Lipinski definition) is 1. The van der Waals surface area contributed by atoms with Crippen LogP contribution in [0.3, 0.4) is 0 Å². The van der Waals surface area contributed by atoms with Crippen molar-refractivity contribution in [3.8, 4) is 0 Å². The van der Waals surface area contributed by atoms with Crippen molar-refractivity contribution >= 4 is 37.7 Å². The molecule has 0 radical (unpaired) electrons. The van der Waals surface area contributed by atoms with E-state index in [-0.39, 0.29) is 28.1 Å². The van der Waals surface area contributed by atoms with Crippen LogP contribution >= 0.6 is 11.8 Å². The predicted octanol–water partition coefficient (Wildman–Crippen LogP) is 3.69. The lowest BCUT2D eigenvalue weighted by atomic mass is 10.2. The first-order valence-corrected chi connectivity index (χ1v) is 13.8. The van der Waals surface area contributed by atoms with Crippen molar-refractivity contribution in [2.24, 2.45) is 0 Å². The van der Waals surface area contributed by atoms with E-state index in [0.717, 1.165) is 0 Å². The van der Waals surface area contributed by atoms with E-state index in [2.05, 4.69) is 39.2 Å². The lowest BCUT2D eigenvalue weighted by Crippen LogP contribution is -2.47. The number of Topliss-reactive ketones (excluding diaryl/α,β-unsaturated/α-hetero) is 1. The Morgan fingerprint density at radius 2 is 1.75 bits per heavy atom. The molecule has 1 aliphatic rings. The number of esters is 1. The van der Waals surface area contributed by atoms with Gasteiger partial charge in [-0.1, -0.05) is 20.8 Å². The molecule has 0 heterocycles. The second-order valence-electron chi connectivity index (χ2n) is 10.0. The van der Waals surface area contributed by atoms with Crippen LogP contribution in [0.2, 0.25) is 18.1 Å². The van der Waals surface area contributed by atoms with Gasteiger partial charge < -0.3 is 14.5 Å². The fraction of sp³-hybridized carbons (Fsp3) is 0.850. The van der Waals surface area contributed by atoms with Crippen LogP contribution in [0.25, 0.3) is 0 Å². The molecule has 8 heteroatoms. The number of rotatable bonds is 7. The van der Waals surface area contributed by atoms with Gasteiger partial charge in [0.2, 0.25) is 5.91 Å².